The Kier molecular flexibility index (Phi) is 3.42. The fourth-order valence-corrected chi connectivity index (χ4v) is 2.91. The molecule has 2 N–H and O–H groups in total. The molecule has 1 heterocycles. The van der Waals surface area contributed by atoms with E-state index < -0.39 is 0 Å². The van der Waals surface area contributed by atoms with E-state index in [9.17, 15) is 9.65 Å². The second-order valence-electron chi connectivity index (χ2n) is 5.65. The number of fused-ring (bicyclic) bond motifs is 1. The van der Waals surface area contributed by atoms with Gasteiger partial charge in [-0.3, -0.25) is 0 Å². The van der Waals surface area contributed by atoms with E-state index in [4.69, 9.17) is 5.73 Å². The van der Waals surface area contributed by atoms with Gasteiger partial charge in [0.05, 0.1) is 22.8 Å². The van der Waals surface area contributed by atoms with Crippen LogP contribution in [-0.4, -0.2) is 4.57 Å². The zero-order valence-electron chi connectivity index (χ0n) is 13.0. The molecule has 4 heteroatoms. The van der Waals surface area contributed by atoms with Crippen LogP contribution in [0.15, 0.2) is 43.0 Å². The maximum Gasteiger partial charge on any atom is 0.126 e. The van der Waals surface area contributed by atoms with Crippen molar-refractivity contribution in [2.75, 3.05) is 0 Å². The Bertz CT molecular complexity index is 990. The average molecular weight is 305 g/mol. The third kappa shape index (κ3) is 2.36. The number of rotatable bonds is 2. The van der Waals surface area contributed by atoms with Gasteiger partial charge in [-0.15, -0.1) is 0 Å². The Balaban J connectivity index is 2.40. The third-order valence-corrected chi connectivity index (χ3v) is 4.06. The van der Waals surface area contributed by atoms with Gasteiger partial charge in [-0.05, 0) is 48.4 Å². The van der Waals surface area contributed by atoms with Crippen molar-refractivity contribution >= 4 is 16.6 Å². The quantitative estimate of drug-likeness (QED) is 0.775. The zero-order valence-corrected chi connectivity index (χ0v) is 13.0. The molecular weight excluding hydrogens is 289 g/mol. The summed E-state index contributed by atoms with van der Waals surface area (Å²) in [6, 6.07) is 12.7. The van der Waals surface area contributed by atoms with Crippen molar-refractivity contribution in [2.24, 2.45) is 12.8 Å². The van der Waals surface area contributed by atoms with Gasteiger partial charge in [0.1, 0.15) is 5.82 Å². The summed E-state index contributed by atoms with van der Waals surface area (Å²) in [5.41, 5.74) is 10.9. The van der Waals surface area contributed by atoms with Gasteiger partial charge in [0.15, 0.2) is 0 Å². The molecule has 0 aliphatic heterocycles. The Morgan fingerprint density at radius 2 is 2.00 bits per heavy atom. The van der Waals surface area contributed by atoms with Crippen LogP contribution in [0.25, 0.3) is 27.7 Å². The van der Waals surface area contributed by atoms with Gasteiger partial charge >= 0.3 is 0 Å². The molecule has 0 unspecified atom stereocenters. The predicted molar refractivity (Wildman–Crippen MR) is 91.0 cm³/mol. The monoisotopic (exact) mass is 305 g/mol. The van der Waals surface area contributed by atoms with E-state index in [0.29, 0.717) is 16.8 Å². The number of aryl methyl sites for hydroxylation is 2. The minimum absolute atomic E-state index is 0.246. The number of nitrogens with two attached hydrogens (primary N) is 1. The molecule has 3 rings (SSSR count). The maximum absolute atomic E-state index is 13.6. The summed E-state index contributed by atoms with van der Waals surface area (Å²) >= 11 is 0. The van der Waals surface area contributed by atoms with Crippen LogP contribution in [-0.2, 0) is 7.05 Å². The van der Waals surface area contributed by atoms with Crippen molar-refractivity contribution in [1.82, 2.24) is 4.57 Å². The first kappa shape index (κ1) is 14.9. The molecule has 0 radical (unpaired) electrons. The molecule has 0 saturated heterocycles. The molecule has 1 aromatic heterocycles. The van der Waals surface area contributed by atoms with Gasteiger partial charge in [0, 0.05) is 23.7 Å². The number of halogens is 1. The summed E-state index contributed by atoms with van der Waals surface area (Å²) in [6.45, 7) is 5.52. The lowest BCUT2D eigenvalue weighted by Gasteiger charge is -2.10. The van der Waals surface area contributed by atoms with Crippen LogP contribution in [0.5, 0.6) is 0 Å². The number of nitriles is 1. The number of hydrogen-bond donors (Lipinski definition) is 1. The Morgan fingerprint density at radius 1 is 1.26 bits per heavy atom. The first-order chi connectivity index (χ1) is 10.9. The van der Waals surface area contributed by atoms with E-state index in [2.05, 4.69) is 12.6 Å². The third-order valence-electron chi connectivity index (χ3n) is 4.06. The molecule has 3 nitrogen and oxygen atoms in total. The predicted octanol–water partition coefficient (Wildman–Crippen LogP) is 4.09. The van der Waals surface area contributed by atoms with E-state index >= 15 is 0 Å². The number of benzene rings is 2. The molecule has 0 atom stereocenters. The highest BCUT2D eigenvalue weighted by atomic mass is 19.1. The number of hydrogen-bond acceptors (Lipinski definition) is 2. The molecule has 114 valence electrons. The average Bonchev–Trinajstić information content (AvgIpc) is 2.86. The highest BCUT2D eigenvalue weighted by molar-refractivity contribution is 5.98. The SMILES string of the molecule is C=C(N)c1cc2cc(C#N)cc(-c3ccc(F)c(C)c3)c2n1C. The lowest BCUT2D eigenvalue weighted by atomic mass is 9.98. The molecule has 23 heavy (non-hydrogen) atoms. The normalized spacial score (nSPS) is 10.7. The van der Waals surface area contributed by atoms with Crippen LogP contribution >= 0.6 is 0 Å². The summed E-state index contributed by atoms with van der Waals surface area (Å²) in [5.74, 6) is -0.246. The van der Waals surface area contributed by atoms with Crippen LogP contribution in [0, 0.1) is 24.1 Å². The highest BCUT2D eigenvalue weighted by Crippen LogP contribution is 2.33. The molecule has 0 aliphatic carbocycles. The second kappa shape index (κ2) is 5.29. The fraction of sp³-hybridized carbons (Fsp3) is 0.105. The minimum atomic E-state index is -0.246. The van der Waals surface area contributed by atoms with Crippen LogP contribution in [0.1, 0.15) is 16.8 Å². The molecule has 0 fully saturated rings. The van der Waals surface area contributed by atoms with E-state index in [1.54, 1.807) is 19.1 Å². The van der Waals surface area contributed by atoms with Gasteiger partial charge in [0.2, 0.25) is 0 Å². The first-order valence-corrected chi connectivity index (χ1v) is 7.17. The van der Waals surface area contributed by atoms with Crippen molar-refractivity contribution in [3.63, 3.8) is 0 Å². The van der Waals surface area contributed by atoms with E-state index in [0.717, 1.165) is 27.7 Å². The zero-order chi connectivity index (χ0) is 16.7. The standard InChI is InChI=1S/C19H16FN3/c1-11-6-14(4-5-17(11)20)16-8-13(10-21)7-15-9-18(12(2)22)23(3)19(15)16/h4-9H,2,22H2,1,3H3. The second-order valence-corrected chi connectivity index (χ2v) is 5.65. The van der Waals surface area contributed by atoms with Gasteiger partial charge < -0.3 is 10.3 Å². The lowest BCUT2D eigenvalue weighted by Crippen LogP contribution is -2.01. The summed E-state index contributed by atoms with van der Waals surface area (Å²) in [4.78, 5) is 0. The van der Waals surface area contributed by atoms with Gasteiger partial charge in [0.25, 0.3) is 0 Å². The van der Waals surface area contributed by atoms with Crippen molar-refractivity contribution in [2.45, 2.75) is 6.92 Å². The van der Waals surface area contributed by atoms with E-state index in [-0.39, 0.29) is 5.82 Å². The Labute approximate surface area is 134 Å². The van der Waals surface area contributed by atoms with Crippen molar-refractivity contribution in [3.05, 3.63) is 65.6 Å². The molecular formula is C19H16FN3. The first-order valence-electron chi connectivity index (χ1n) is 7.17. The van der Waals surface area contributed by atoms with Crippen LogP contribution in [0.4, 0.5) is 4.39 Å². The Hall–Kier alpha value is -3.06. The van der Waals surface area contributed by atoms with Crippen molar-refractivity contribution < 1.29 is 4.39 Å². The largest absolute Gasteiger partial charge is 0.398 e. The van der Waals surface area contributed by atoms with Crippen LogP contribution in [0.2, 0.25) is 0 Å². The minimum Gasteiger partial charge on any atom is -0.398 e. The number of aromatic nitrogens is 1. The van der Waals surface area contributed by atoms with Crippen molar-refractivity contribution in [1.29, 1.82) is 5.26 Å². The smallest absolute Gasteiger partial charge is 0.126 e. The molecule has 0 bridgehead atoms. The molecule has 0 saturated carbocycles. The van der Waals surface area contributed by atoms with Gasteiger partial charge in [-0.25, -0.2) is 4.39 Å². The van der Waals surface area contributed by atoms with Crippen LogP contribution < -0.4 is 5.73 Å². The van der Waals surface area contributed by atoms with Gasteiger partial charge in [-0.2, -0.15) is 5.26 Å². The Morgan fingerprint density at radius 3 is 2.61 bits per heavy atom. The van der Waals surface area contributed by atoms with E-state index in [1.807, 2.05) is 29.8 Å². The lowest BCUT2D eigenvalue weighted by molar-refractivity contribution is 0.619. The van der Waals surface area contributed by atoms with E-state index in [1.165, 1.54) is 6.07 Å². The summed E-state index contributed by atoms with van der Waals surface area (Å²) in [6.07, 6.45) is 0. The topological polar surface area (TPSA) is 54.7 Å². The van der Waals surface area contributed by atoms with Crippen molar-refractivity contribution in [3.8, 4) is 17.2 Å². The van der Waals surface area contributed by atoms with Crippen LogP contribution in [0.3, 0.4) is 0 Å². The molecule has 0 aliphatic rings. The molecule has 0 amide bonds. The number of nitrogens with zero attached hydrogens (tertiary/aromatic N) is 2. The molecule has 3 aromatic rings. The summed E-state index contributed by atoms with van der Waals surface area (Å²) in [7, 11) is 1.90. The maximum atomic E-state index is 13.6. The van der Waals surface area contributed by atoms with Gasteiger partial charge in [-0.1, -0.05) is 12.6 Å². The molecule has 2 aromatic carbocycles. The summed E-state index contributed by atoms with van der Waals surface area (Å²) in [5, 5.41) is 10.2. The summed E-state index contributed by atoms with van der Waals surface area (Å²) < 4.78 is 15.5. The molecule has 0 spiro atoms. The fourth-order valence-electron chi connectivity index (χ4n) is 2.91. The highest BCUT2D eigenvalue weighted by Gasteiger charge is 2.14.